The van der Waals surface area contributed by atoms with Crippen molar-refractivity contribution < 1.29 is 14.4 Å². The minimum absolute atomic E-state index is 0.0296. The fourth-order valence-corrected chi connectivity index (χ4v) is 3.69. The summed E-state index contributed by atoms with van der Waals surface area (Å²) in [5, 5.41) is 4.58. The molecule has 3 rings (SSSR count). The van der Waals surface area contributed by atoms with Crippen LogP contribution in [0.5, 0.6) is 0 Å². The molecule has 1 saturated heterocycles. The average Bonchev–Trinajstić information content (AvgIpc) is 3.05. The van der Waals surface area contributed by atoms with Crippen LogP contribution < -0.4 is 5.32 Å². The highest BCUT2D eigenvalue weighted by atomic mass is 32.1. The van der Waals surface area contributed by atoms with Crippen LogP contribution in [0, 0.1) is 0 Å². The Balaban J connectivity index is 1.66. The van der Waals surface area contributed by atoms with Crippen LogP contribution in [0.3, 0.4) is 0 Å². The van der Waals surface area contributed by atoms with Gasteiger partial charge in [-0.05, 0) is 36.1 Å². The number of carbonyl (C=O) groups is 3. The van der Waals surface area contributed by atoms with Gasteiger partial charge in [0.2, 0.25) is 5.91 Å². The topological polar surface area (TPSA) is 69.7 Å². The van der Waals surface area contributed by atoms with Gasteiger partial charge in [0.05, 0.1) is 4.88 Å². The van der Waals surface area contributed by atoms with Crippen molar-refractivity contribution in [2.24, 2.45) is 0 Å². The second-order valence-corrected chi connectivity index (χ2v) is 7.12. The van der Waals surface area contributed by atoms with Crippen molar-refractivity contribution in [3.05, 3.63) is 52.2 Å². The lowest BCUT2D eigenvalue weighted by molar-refractivity contribution is -0.114. The van der Waals surface area contributed by atoms with Gasteiger partial charge in [0.15, 0.2) is 0 Å². The first-order valence-electron chi connectivity index (χ1n) is 8.54. The number of hydrogen-bond donors (Lipinski definition) is 1. The number of anilines is 1. The quantitative estimate of drug-likeness (QED) is 0.902. The third kappa shape index (κ3) is 4.29. The Morgan fingerprint density at radius 3 is 2.35 bits per heavy atom. The highest BCUT2D eigenvalue weighted by Crippen LogP contribution is 2.17. The summed E-state index contributed by atoms with van der Waals surface area (Å²) in [5.74, 6) is -0.225. The van der Waals surface area contributed by atoms with E-state index in [2.05, 4.69) is 5.32 Å². The first kappa shape index (κ1) is 18.1. The number of carbonyl (C=O) groups excluding carboxylic acids is 3. The van der Waals surface area contributed by atoms with E-state index in [0.29, 0.717) is 37.4 Å². The lowest BCUT2D eigenvalue weighted by Gasteiger charge is -2.22. The summed E-state index contributed by atoms with van der Waals surface area (Å²) in [6.45, 7) is 3.71. The van der Waals surface area contributed by atoms with Gasteiger partial charge in [-0.1, -0.05) is 12.1 Å². The smallest absolute Gasteiger partial charge is 0.263 e. The first-order valence-corrected chi connectivity index (χ1v) is 9.42. The Labute approximate surface area is 156 Å². The summed E-state index contributed by atoms with van der Waals surface area (Å²) in [7, 11) is 0. The second kappa shape index (κ2) is 8.14. The Kier molecular flexibility index (Phi) is 5.68. The monoisotopic (exact) mass is 371 g/mol. The van der Waals surface area contributed by atoms with Crippen molar-refractivity contribution in [3.63, 3.8) is 0 Å². The lowest BCUT2D eigenvalue weighted by Crippen LogP contribution is -2.37. The first-order chi connectivity index (χ1) is 12.5. The summed E-state index contributed by atoms with van der Waals surface area (Å²) in [4.78, 5) is 40.8. The molecule has 0 bridgehead atoms. The van der Waals surface area contributed by atoms with Crippen molar-refractivity contribution in [1.29, 1.82) is 0 Å². The molecule has 1 aliphatic heterocycles. The van der Waals surface area contributed by atoms with E-state index in [0.717, 1.165) is 11.3 Å². The number of benzene rings is 1. The van der Waals surface area contributed by atoms with Gasteiger partial charge in [-0.15, -0.1) is 11.3 Å². The van der Waals surface area contributed by atoms with Crippen molar-refractivity contribution in [3.8, 4) is 0 Å². The molecule has 1 aromatic heterocycles. The predicted octanol–water partition coefficient (Wildman–Crippen LogP) is 2.69. The minimum atomic E-state index is -0.174. The zero-order chi connectivity index (χ0) is 18.5. The predicted molar refractivity (Wildman–Crippen MR) is 101 cm³/mol. The maximum Gasteiger partial charge on any atom is 0.263 e. The number of nitrogens with one attached hydrogen (secondary N) is 1. The van der Waals surface area contributed by atoms with Gasteiger partial charge in [0.1, 0.15) is 0 Å². The number of hydrogen-bond acceptors (Lipinski definition) is 4. The lowest BCUT2D eigenvalue weighted by atomic mass is 10.1. The molecule has 26 heavy (non-hydrogen) atoms. The highest BCUT2D eigenvalue weighted by Gasteiger charge is 2.24. The highest BCUT2D eigenvalue weighted by molar-refractivity contribution is 7.12. The molecule has 0 aliphatic carbocycles. The van der Waals surface area contributed by atoms with Crippen LogP contribution in [0.25, 0.3) is 0 Å². The summed E-state index contributed by atoms with van der Waals surface area (Å²) in [6, 6.07) is 10.6. The summed E-state index contributed by atoms with van der Waals surface area (Å²) < 4.78 is 0. The largest absolute Gasteiger partial charge is 0.337 e. The van der Waals surface area contributed by atoms with Crippen molar-refractivity contribution >= 4 is 34.7 Å². The van der Waals surface area contributed by atoms with Crippen LogP contribution in [0.15, 0.2) is 41.8 Å². The van der Waals surface area contributed by atoms with Crippen LogP contribution in [0.1, 0.15) is 33.4 Å². The number of amides is 3. The van der Waals surface area contributed by atoms with E-state index < -0.39 is 0 Å². The van der Waals surface area contributed by atoms with Gasteiger partial charge in [0.25, 0.3) is 11.8 Å². The fourth-order valence-electron chi connectivity index (χ4n) is 3.00. The zero-order valence-electron chi connectivity index (χ0n) is 14.6. The standard InChI is InChI=1S/C19H21N3O3S/c1-14(23)20-16-6-2-5-15(13-16)18(24)21-8-4-9-22(11-10-21)19(25)17-7-3-12-26-17/h2-3,5-7,12-13H,4,8-11H2,1H3,(H,20,23). The third-order valence-electron chi connectivity index (χ3n) is 4.23. The van der Waals surface area contributed by atoms with E-state index in [-0.39, 0.29) is 17.7 Å². The molecule has 3 amide bonds. The number of nitrogens with zero attached hydrogens (tertiary/aromatic N) is 2. The van der Waals surface area contributed by atoms with Gasteiger partial charge in [0, 0.05) is 44.4 Å². The van der Waals surface area contributed by atoms with Crippen LogP contribution >= 0.6 is 11.3 Å². The Bertz CT molecular complexity index is 804. The van der Waals surface area contributed by atoms with E-state index in [9.17, 15) is 14.4 Å². The van der Waals surface area contributed by atoms with E-state index in [4.69, 9.17) is 0 Å². The van der Waals surface area contributed by atoms with E-state index in [1.165, 1.54) is 18.3 Å². The van der Waals surface area contributed by atoms with E-state index in [1.807, 2.05) is 22.4 Å². The molecule has 6 nitrogen and oxygen atoms in total. The maximum absolute atomic E-state index is 12.8. The molecule has 0 spiro atoms. The number of thiophene rings is 1. The Morgan fingerprint density at radius 2 is 1.69 bits per heavy atom. The summed E-state index contributed by atoms with van der Waals surface area (Å²) in [5.41, 5.74) is 1.14. The minimum Gasteiger partial charge on any atom is -0.337 e. The molecule has 0 radical (unpaired) electrons. The maximum atomic E-state index is 12.8. The SMILES string of the molecule is CC(=O)Nc1cccc(C(=O)N2CCCN(C(=O)c3cccs3)CC2)c1. The van der Waals surface area contributed by atoms with Crippen LogP contribution in [0.4, 0.5) is 5.69 Å². The summed E-state index contributed by atoms with van der Waals surface area (Å²) >= 11 is 1.44. The summed E-state index contributed by atoms with van der Waals surface area (Å²) in [6.07, 6.45) is 0.744. The van der Waals surface area contributed by atoms with Crippen LogP contribution in [-0.4, -0.2) is 53.7 Å². The molecule has 136 valence electrons. The molecule has 7 heteroatoms. The van der Waals surface area contributed by atoms with Crippen LogP contribution in [0.2, 0.25) is 0 Å². The molecule has 1 fully saturated rings. The molecule has 1 N–H and O–H groups in total. The molecule has 0 atom stereocenters. The van der Waals surface area contributed by atoms with Gasteiger partial charge in [-0.25, -0.2) is 0 Å². The molecule has 1 aliphatic rings. The van der Waals surface area contributed by atoms with E-state index >= 15 is 0 Å². The molecular formula is C19H21N3O3S. The Hall–Kier alpha value is -2.67. The molecule has 2 heterocycles. The molecule has 0 unspecified atom stereocenters. The van der Waals surface area contributed by atoms with Crippen molar-refractivity contribution in [1.82, 2.24) is 9.80 Å². The average molecular weight is 371 g/mol. The fraction of sp³-hybridized carbons (Fsp3) is 0.316. The molecule has 1 aromatic carbocycles. The molecular weight excluding hydrogens is 350 g/mol. The Morgan fingerprint density at radius 1 is 0.962 bits per heavy atom. The third-order valence-corrected chi connectivity index (χ3v) is 5.09. The number of rotatable bonds is 3. The second-order valence-electron chi connectivity index (χ2n) is 6.18. The van der Waals surface area contributed by atoms with Gasteiger partial charge in [-0.2, -0.15) is 0 Å². The van der Waals surface area contributed by atoms with Crippen LogP contribution in [-0.2, 0) is 4.79 Å². The van der Waals surface area contributed by atoms with E-state index in [1.54, 1.807) is 29.2 Å². The molecule has 2 aromatic rings. The van der Waals surface area contributed by atoms with Crippen molar-refractivity contribution in [2.75, 3.05) is 31.5 Å². The zero-order valence-corrected chi connectivity index (χ0v) is 15.4. The van der Waals surface area contributed by atoms with Gasteiger partial charge >= 0.3 is 0 Å². The normalized spacial score (nSPS) is 14.7. The van der Waals surface area contributed by atoms with Gasteiger partial charge < -0.3 is 15.1 Å². The molecule has 0 saturated carbocycles. The van der Waals surface area contributed by atoms with Crippen molar-refractivity contribution in [2.45, 2.75) is 13.3 Å². The van der Waals surface area contributed by atoms with Gasteiger partial charge in [-0.3, -0.25) is 14.4 Å².